The van der Waals surface area contributed by atoms with Crippen LogP contribution in [0.5, 0.6) is 0 Å². The fourth-order valence-corrected chi connectivity index (χ4v) is 9.51. The average molecular weight is 927 g/mol. The van der Waals surface area contributed by atoms with E-state index in [1.165, 1.54) is 276 Å². The van der Waals surface area contributed by atoms with Crippen molar-refractivity contribution >= 4 is 5.91 Å². The van der Waals surface area contributed by atoms with Gasteiger partial charge in [0.1, 0.15) is 0 Å². The van der Waals surface area contributed by atoms with E-state index < -0.39 is 12.1 Å². The molecule has 3 N–H and O–H groups in total. The number of carbonyl (C=O) groups is 1. The van der Waals surface area contributed by atoms with Crippen LogP contribution < -0.4 is 5.32 Å². The van der Waals surface area contributed by atoms with Crippen molar-refractivity contribution in [1.29, 1.82) is 0 Å². The van der Waals surface area contributed by atoms with E-state index >= 15 is 0 Å². The Morgan fingerprint density at radius 2 is 0.591 bits per heavy atom. The third-order valence-corrected chi connectivity index (χ3v) is 14.1. The zero-order valence-electron chi connectivity index (χ0n) is 45.0. The second-order valence-electron chi connectivity index (χ2n) is 20.8. The summed E-state index contributed by atoms with van der Waals surface area (Å²) < 4.78 is 0. The smallest absolute Gasteiger partial charge is 0.220 e. The predicted molar refractivity (Wildman–Crippen MR) is 295 cm³/mol. The first-order valence-corrected chi connectivity index (χ1v) is 30.2. The molecule has 0 heterocycles. The molecule has 0 radical (unpaired) electrons. The Kier molecular flexibility index (Phi) is 56.7. The minimum atomic E-state index is -0.869. The molecule has 0 saturated carbocycles. The molecule has 0 aliphatic heterocycles. The van der Waals surface area contributed by atoms with Crippen molar-refractivity contribution in [2.45, 2.75) is 347 Å². The van der Waals surface area contributed by atoms with Crippen LogP contribution >= 0.6 is 0 Å². The van der Waals surface area contributed by atoms with E-state index in [9.17, 15) is 15.0 Å². The maximum Gasteiger partial charge on any atom is 0.220 e. The molecule has 0 aliphatic rings. The summed E-state index contributed by atoms with van der Waals surface area (Å²) in [5.74, 6) is -0.0710. The number of hydrogen-bond acceptors (Lipinski definition) is 3. The maximum absolute atomic E-state index is 12.5. The van der Waals surface area contributed by atoms with Gasteiger partial charge in [-0.2, -0.15) is 0 Å². The van der Waals surface area contributed by atoms with Crippen molar-refractivity contribution in [3.63, 3.8) is 0 Å². The molecule has 0 saturated heterocycles. The summed E-state index contributed by atoms with van der Waals surface area (Å²) in [5, 5.41) is 23.2. The van der Waals surface area contributed by atoms with Crippen LogP contribution in [0, 0.1) is 0 Å². The average Bonchev–Trinajstić information content (AvgIpc) is 3.32. The van der Waals surface area contributed by atoms with Gasteiger partial charge in [0.15, 0.2) is 0 Å². The Hall–Kier alpha value is -1.39. The fraction of sp³-hybridized carbons (Fsp3) is 0.887. The number of hydrogen-bond donors (Lipinski definition) is 3. The quantitative estimate of drug-likeness (QED) is 0.0420. The Morgan fingerprint density at radius 3 is 0.879 bits per heavy atom. The molecule has 0 spiro atoms. The number of aliphatic hydroxyl groups is 2. The lowest BCUT2D eigenvalue weighted by molar-refractivity contribution is -0.123. The zero-order valence-corrected chi connectivity index (χ0v) is 45.0. The second kappa shape index (κ2) is 57.9. The number of carbonyl (C=O) groups excluding carboxylic acids is 1. The summed E-state index contributed by atoms with van der Waals surface area (Å²) in [6.45, 7) is 4.34. The van der Waals surface area contributed by atoms with Gasteiger partial charge < -0.3 is 15.5 Å². The topological polar surface area (TPSA) is 69.6 Å². The van der Waals surface area contributed by atoms with Crippen molar-refractivity contribution in [3.8, 4) is 0 Å². The highest BCUT2D eigenvalue weighted by Crippen LogP contribution is 2.18. The van der Waals surface area contributed by atoms with Crippen molar-refractivity contribution in [3.05, 3.63) is 36.5 Å². The molecule has 4 nitrogen and oxygen atoms in total. The van der Waals surface area contributed by atoms with Crippen LogP contribution in [0.2, 0.25) is 0 Å². The molecule has 0 aliphatic carbocycles. The van der Waals surface area contributed by atoms with Gasteiger partial charge in [0.2, 0.25) is 5.91 Å². The molecule has 2 unspecified atom stereocenters. The van der Waals surface area contributed by atoms with Crippen molar-refractivity contribution < 1.29 is 15.0 Å². The third kappa shape index (κ3) is 53.6. The lowest BCUT2D eigenvalue weighted by Gasteiger charge is -2.19. The third-order valence-electron chi connectivity index (χ3n) is 14.1. The number of unbranched alkanes of at least 4 members (excludes halogenated alkanes) is 45. The van der Waals surface area contributed by atoms with Gasteiger partial charge >= 0.3 is 0 Å². The van der Waals surface area contributed by atoms with Gasteiger partial charge in [-0.3, -0.25) is 4.79 Å². The van der Waals surface area contributed by atoms with Crippen LogP contribution in [0.3, 0.4) is 0 Å². The number of nitrogens with one attached hydrogen (secondary N) is 1. The van der Waals surface area contributed by atoms with Gasteiger partial charge in [-0.15, -0.1) is 0 Å². The highest BCUT2D eigenvalue weighted by Gasteiger charge is 2.18. The first-order valence-electron chi connectivity index (χ1n) is 30.2. The Balaban J connectivity index is 3.51. The van der Waals surface area contributed by atoms with Gasteiger partial charge in [0, 0.05) is 6.42 Å². The lowest BCUT2D eigenvalue weighted by Crippen LogP contribution is -2.45. The van der Waals surface area contributed by atoms with Crippen LogP contribution in [0.4, 0.5) is 0 Å². The van der Waals surface area contributed by atoms with E-state index in [1.54, 1.807) is 6.08 Å². The van der Waals surface area contributed by atoms with Gasteiger partial charge in [0.25, 0.3) is 0 Å². The lowest BCUT2D eigenvalue weighted by atomic mass is 10.0. The number of allylic oxidation sites excluding steroid dienone is 5. The zero-order chi connectivity index (χ0) is 47.7. The monoisotopic (exact) mass is 926 g/mol. The van der Waals surface area contributed by atoms with E-state index in [4.69, 9.17) is 0 Å². The summed E-state index contributed by atoms with van der Waals surface area (Å²) in [4.78, 5) is 12.5. The Morgan fingerprint density at radius 1 is 0.348 bits per heavy atom. The SMILES string of the molecule is CCCCCCCCCCCCCCCCCCC/C=C/CC/C=C/CC/C=C/C(O)C(CO)NC(=O)CCCCCCCCCCCCCCCCCCCCCCCCCCCCC. The Bertz CT molecular complexity index is 1010. The predicted octanol–water partition coefficient (Wildman–Crippen LogP) is 20.0. The second-order valence-corrected chi connectivity index (χ2v) is 20.8. The molecule has 0 fully saturated rings. The van der Waals surface area contributed by atoms with Gasteiger partial charge in [-0.1, -0.05) is 320 Å². The molecule has 2 atom stereocenters. The van der Waals surface area contributed by atoms with Gasteiger partial charge in [-0.05, 0) is 44.9 Å². The normalized spacial score (nSPS) is 13.0. The largest absolute Gasteiger partial charge is 0.394 e. The van der Waals surface area contributed by atoms with Crippen molar-refractivity contribution in [2.24, 2.45) is 0 Å². The standard InChI is InChI=1S/C62H119NO3/c1-3-5-7-9-11-13-15-17-19-21-23-25-27-29-31-33-35-37-39-41-43-45-47-49-51-53-55-57-61(65)60(59-64)63-62(66)58-56-54-52-50-48-46-44-42-40-38-36-34-32-30-28-26-24-22-20-18-16-14-12-10-8-6-4-2/h39,41,47,49,55,57,60-61,64-65H,3-38,40,42-46,48,50-54,56,58-59H2,1-2H3,(H,63,66)/b41-39+,49-47+,57-55+. The van der Waals surface area contributed by atoms with Crippen molar-refractivity contribution in [1.82, 2.24) is 5.32 Å². The summed E-state index contributed by atoms with van der Waals surface area (Å²) >= 11 is 0. The molecular formula is C62H119NO3. The van der Waals surface area contributed by atoms with Crippen LogP contribution in [-0.2, 0) is 4.79 Å². The molecule has 390 valence electrons. The Labute approximate surface area is 414 Å². The highest BCUT2D eigenvalue weighted by atomic mass is 16.3. The van der Waals surface area contributed by atoms with Gasteiger partial charge in [-0.25, -0.2) is 0 Å². The van der Waals surface area contributed by atoms with Crippen LogP contribution in [0.15, 0.2) is 36.5 Å². The van der Waals surface area contributed by atoms with Crippen LogP contribution in [0.25, 0.3) is 0 Å². The minimum absolute atomic E-state index is 0.0710. The molecule has 4 heteroatoms. The summed E-state index contributed by atoms with van der Waals surface area (Å²) in [6, 6.07) is -0.644. The maximum atomic E-state index is 12.5. The van der Waals surface area contributed by atoms with Crippen LogP contribution in [-0.4, -0.2) is 34.9 Å². The highest BCUT2D eigenvalue weighted by molar-refractivity contribution is 5.76. The number of rotatable bonds is 56. The summed E-state index contributed by atoms with van der Waals surface area (Å²) in [5.41, 5.74) is 0. The molecule has 1 amide bonds. The van der Waals surface area contributed by atoms with Gasteiger partial charge in [0.05, 0.1) is 18.8 Å². The summed E-state index contributed by atoms with van der Waals surface area (Å²) in [6.07, 6.45) is 79.0. The molecule has 0 aromatic carbocycles. The number of amides is 1. The molecule has 0 rings (SSSR count). The summed E-state index contributed by atoms with van der Waals surface area (Å²) in [7, 11) is 0. The first-order chi connectivity index (χ1) is 32.7. The molecule has 0 bridgehead atoms. The van der Waals surface area contributed by atoms with E-state index in [2.05, 4.69) is 43.5 Å². The van der Waals surface area contributed by atoms with E-state index in [0.717, 1.165) is 38.5 Å². The molecular weight excluding hydrogens is 807 g/mol. The van der Waals surface area contributed by atoms with E-state index in [1.807, 2.05) is 6.08 Å². The van der Waals surface area contributed by atoms with Crippen LogP contribution in [0.1, 0.15) is 335 Å². The minimum Gasteiger partial charge on any atom is -0.394 e. The van der Waals surface area contributed by atoms with E-state index in [0.29, 0.717) is 6.42 Å². The van der Waals surface area contributed by atoms with E-state index in [-0.39, 0.29) is 12.5 Å². The molecule has 66 heavy (non-hydrogen) atoms. The molecule has 0 aromatic heterocycles. The fourth-order valence-electron chi connectivity index (χ4n) is 9.51. The first kappa shape index (κ1) is 64.6. The number of aliphatic hydroxyl groups excluding tert-OH is 2. The van der Waals surface area contributed by atoms with Crippen molar-refractivity contribution in [2.75, 3.05) is 6.61 Å². The molecule has 0 aromatic rings.